The maximum Gasteiger partial charge on any atom is 0.173 e. The summed E-state index contributed by atoms with van der Waals surface area (Å²) in [6.07, 6.45) is 0.0295. The Hall–Kier alpha value is -1.60. The molecule has 22 heavy (non-hydrogen) atoms. The van der Waals surface area contributed by atoms with Crippen molar-refractivity contribution in [1.29, 1.82) is 0 Å². The molecule has 0 saturated carbocycles. The second kappa shape index (κ2) is 6.66. The molecule has 4 atom stereocenters. The second-order valence-electron chi connectivity index (χ2n) is 5.14. The molecule has 3 N–H and O–H groups in total. The zero-order valence-corrected chi connectivity index (χ0v) is 12.6. The van der Waals surface area contributed by atoms with Crippen LogP contribution in [-0.4, -0.2) is 49.8 Å². The SMILES string of the molecule is O[C@@H]1[C@@H](O)[C@H](Oc2cncc(-c3ccccc3)c2)SC[C@H]1O. The fourth-order valence-electron chi connectivity index (χ4n) is 2.29. The van der Waals surface area contributed by atoms with Crippen molar-refractivity contribution in [2.24, 2.45) is 0 Å². The lowest BCUT2D eigenvalue weighted by Gasteiger charge is -2.34. The van der Waals surface area contributed by atoms with Crippen molar-refractivity contribution in [3.63, 3.8) is 0 Å². The number of nitrogens with zero attached hydrogens (tertiary/aromatic N) is 1. The van der Waals surface area contributed by atoms with Crippen LogP contribution in [0.4, 0.5) is 0 Å². The first kappa shape index (κ1) is 15.3. The van der Waals surface area contributed by atoms with Crippen LogP contribution in [0.3, 0.4) is 0 Å². The Balaban J connectivity index is 1.76. The average molecular weight is 319 g/mol. The van der Waals surface area contributed by atoms with Crippen molar-refractivity contribution < 1.29 is 20.1 Å². The van der Waals surface area contributed by atoms with Crippen LogP contribution in [0.25, 0.3) is 11.1 Å². The number of thioether (sulfide) groups is 1. The smallest absolute Gasteiger partial charge is 0.173 e. The molecule has 0 aliphatic carbocycles. The average Bonchev–Trinajstić information content (AvgIpc) is 2.57. The Labute approximate surface area is 132 Å². The van der Waals surface area contributed by atoms with Crippen LogP contribution in [0.2, 0.25) is 0 Å². The van der Waals surface area contributed by atoms with E-state index in [1.54, 1.807) is 12.4 Å². The molecule has 6 heteroatoms. The van der Waals surface area contributed by atoms with Crippen molar-refractivity contribution >= 4 is 11.8 Å². The summed E-state index contributed by atoms with van der Waals surface area (Å²) in [5.41, 5.74) is 1.30. The third kappa shape index (κ3) is 3.25. The zero-order chi connectivity index (χ0) is 15.5. The van der Waals surface area contributed by atoms with Crippen LogP contribution in [0.1, 0.15) is 0 Å². The number of hydrogen-bond acceptors (Lipinski definition) is 6. The van der Waals surface area contributed by atoms with E-state index in [1.165, 1.54) is 11.8 Å². The summed E-state index contributed by atoms with van der Waals surface area (Å²) >= 11 is 1.27. The number of benzene rings is 1. The molecule has 1 aliphatic rings. The fraction of sp³-hybridized carbons (Fsp3) is 0.312. The molecule has 2 aromatic rings. The molecular formula is C16H17NO4S. The highest BCUT2D eigenvalue weighted by atomic mass is 32.2. The van der Waals surface area contributed by atoms with Gasteiger partial charge >= 0.3 is 0 Å². The maximum absolute atomic E-state index is 9.98. The van der Waals surface area contributed by atoms with Gasteiger partial charge in [-0.2, -0.15) is 0 Å². The molecule has 1 aromatic carbocycles. The number of aliphatic hydroxyl groups excluding tert-OH is 3. The van der Waals surface area contributed by atoms with Gasteiger partial charge in [0.05, 0.1) is 12.3 Å². The molecule has 116 valence electrons. The van der Waals surface area contributed by atoms with E-state index in [0.717, 1.165) is 11.1 Å². The molecule has 0 amide bonds. The summed E-state index contributed by atoms with van der Waals surface area (Å²) in [6.45, 7) is 0. The van der Waals surface area contributed by atoms with Gasteiger partial charge in [-0.25, -0.2) is 0 Å². The molecule has 1 fully saturated rings. The summed E-state index contributed by atoms with van der Waals surface area (Å²) in [5.74, 6) is 0.829. The van der Waals surface area contributed by atoms with Crippen LogP contribution in [0.15, 0.2) is 48.8 Å². The van der Waals surface area contributed by atoms with Gasteiger partial charge in [0.15, 0.2) is 5.44 Å². The fourth-order valence-corrected chi connectivity index (χ4v) is 3.41. The topological polar surface area (TPSA) is 82.8 Å². The molecule has 1 aromatic heterocycles. The number of pyridine rings is 1. The minimum Gasteiger partial charge on any atom is -0.475 e. The van der Waals surface area contributed by atoms with Gasteiger partial charge in [0, 0.05) is 17.5 Å². The molecule has 5 nitrogen and oxygen atoms in total. The van der Waals surface area contributed by atoms with E-state index in [4.69, 9.17) is 4.74 Å². The van der Waals surface area contributed by atoms with Gasteiger partial charge < -0.3 is 20.1 Å². The Morgan fingerprint density at radius 3 is 2.55 bits per heavy atom. The zero-order valence-electron chi connectivity index (χ0n) is 11.7. The predicted molar refractivity (Wildman–Crippen MR) is 84.6 cm³/mol. The first-order chi connectivity index (χ1) is 10.6. The lowest BCUT2D eigenvalue weighted by molar-refractivity contribution is -0.0786. The Bertz CT molecular complexity index is 625. The number of aliphatic hydroxyl groups is 3. The maximum atomic E-state index is 9.98. The molecule has 1 saturated heterocycles. The van der Waals surface area contributed by atoms with Crippen molar-refractivity contribution in [2.75, 3.05) is 5.75 Å². The van der Waals surface area contributed by atoms with Crippen molar-refractivity contribution in [2.45, 2.75) is 23.7 Å². The van der Waals surface area contributed by atoms with E-state index in [-0.39, 0.29) is 0 Å². The quantitative estimate of drug-likeness (QED) is 0.791. The van der Waals surface area contributed by atoms with Gasteiger partial charge in [0.2, 0.25) is 0 Å². The third-order valence-electron chi connectivity index (χ3n) is 3.53. The number of ether oxygens (including phenoxy) is 1. The normalized spacial score (nSPS) is 28.3. The Morgan fingerprint density at radius 2 is 1.77 bits per heavy atom. The highest BCUT2D eigenvalue weighted by Crippen LogP contribution is 2.30. The van der Waals surface area contributed by atoms with Gasteiger partial charge in [-0.15, -0.1) is 11.8 Å². The van der Waals surface area contributed by atoms with E-state index in [9.17, 15) is 15.3 Å². The van der Waals surface area contributed by atoms with Crippen LogP contribution < -0.4 is 4.74 Å². The van der Waals surface area contributed by atoms with E-state index in [2.05, 4.69) is 4.98 Å². The molecule has 0 radical (unpaired) electrons. The lowest BCUT2D eigenvalue weighted by Crippen LogP contribution is -2.50. The number of hydrogen-bond donors (Lipinski definition) is 3. The molecule has 0 spiro atoms. The number of aromatic nitrogens is 1. The minimum atomic E-state index is -1.20. The summed E-state index contributed by atoms with van der Waals surface area (Å²) in [5, 5.41) is 29.2. The highest BCUT2D eigenvalue weighted by Gasteiger charge is 2.38. The van der Waals surface area contributed by atoms with E-state index >= 15 is 0 Å². The third-order valence-corrected chi connectivity index (χ3v) is 4.76. The van der Waals surface area contributed by atoms with Gasteiger partial charge in [-0.3, -0.25) is 4.98 Å². The summed E-state index contributed by atoms with van der Waals surface area (Å²) < 4.78 is 5.73. The highest BCUT2D eigenvalue weighted by molar-refractivity contribution is 7.99. The molecule has 1 aliphatic heterocycles. The van der Waals surface area contributed by atoms with Gasteiger partial charge in [-0.05, 0) is 11.6 Å². The Morgan fingerprint density at radius 1 is 1.00 bits per heavy atom. The predicted octanol–water partition coefficient (Wildman–Crippen LogP) is 1.28. The van der Waals surface area contributed by atoms with E-state index in [1.807, 2.05) is 36.4 Å². The summed E-state index contributed by atoms with van der Waals surface area (Å²) in [6, 6.07) is 11.6. The van der Waals surface area contributed by atoms with Gasteiger partial charge in [-0.1, -0.05) is 30.3 Å². The largest absolute Gasteiger partial charge is 0.475 e. The van der Waals surface area contributed by atoms with Crippen LogP contribution in [0.5, 0.6) is 5.75 Å². The van der Waals surface area contributed by atoms with Crippen molar-refractivity contribution in [3.05, 3.63) is 48.8 Å². The van der Waals surface area contributed by atoms with Crippen molar-refractivity contribution in [1.82, 2.24) is 4.98 Å². The molecule has 0 bridgehead atoms. The first-order valence-corrected chi connectivity index (χ1v) is 8.03. The number of rotatable bonds is 3. The monoisotopic (exact) mass is 319 g/mol. The van der Waals surface area contributed by atoms with E-state index in [0.29, 0.717) is 11.5 Å². The minimum absolute atomic E-state index is 0.314. The second-order valence-corrected chi connectivity index (χ2v) is 6.27. The summed E-state index contributed by atoms with van der Waals surface area (Å²) in [4.78, 5) is 4.16. The standard InChI is InChI=1S/C16H17NO4S/c18-13-9-22-16(15(20)14(13)19)21-12-6-11(7-17-8-12)10-4-2-1-3-5-10/h1-8,13-16,18-20H,9H2/t13-,14+,15-,16-/m1/s1. The van der Waals surface area contributed by atoms with Crippen LogP contribution in [-0.2, 0) is 0 Å². The molecular weight excluding hydrogens is 302 g/mol. The van der Waals surface area contributed by atoms with Gasteiger partial charge in [0.1, 0.15) is 18.0 Å². The first-order valence-electron chi connectivity index (χ1n) is 6.98. The van der Waals surface area contributed by atoms with Crippen molar-refractivity contribution in [3.8, 4) is 16.9 Å². The van der Waals surface area contributed by atoms with Crippen LogP contribution >= 0.6 is 11.8 Å². The molecule has 3 rings (SSSR count). The summed E-state index contributed by atoms with van der Waals surface area (Å²) in [7, 11) is 0. The lowest BCUT2D eigenvalue weighted by atomic mass is 10.1. The van der Waals surface area contributed by atoms with Crippen LogP contribution in [0, 0.1) is 0 Å². The van der Waals surface area contributed by atoms with E-state index < -0.39 is 23.7 Å². The Kier molecular flexibility index (Phi) is 4.63. The molecule has 2 heterocycles. The van der Waals surface area contributed by atoms with Gasteiger partial charge in [0.25, 0.3) is 0 Å². The molecule has 0 unspecified atom stereocenters.